The molecule has 2 fully saturated rings. The summed E-state index contributed by atoms with van der Waals surface area (Å²) in [5.74, 6) is -5.65. The van der Waals surface area contributed by atoms with Gasteiger partial charge in [0.15, 0.2) is 11.4 Å². The third-order valence-electron chi connectivity index (χ3n) is 13.8. The van der Waals surface area contributed by atoms with E-state index < -0.39 is 76.3 Å². The molecule has 0 saturated heterocycles. The fraction of sp³-hybridized carbons (Fsp3) is 0.826. The summed E-state index contributed by atoms with van der Waals surface area (Å²) in [7, 11) is 0. The van der Waals surface area contributed by atoms with Crippen LogP contribution in [-0.2, 0) is 33.4 Å². The van der Waals surface area contributed by atoms with Crippen molar-refractivity contribution < 1.29 is 48.7 Å². The molecule has 0 amide bonds. The zero-order chi connectivity index (χ0) is 41.1. The number of fused-ring (bicyclic) bond motifs is 5. The number of aliphatic hydroxyl groups is 3. The summed E-state index contributed by atoms with van der Waals surface area (Å²) >= 11 is 0. The van der Waals surface area contributed by atoms with Crippen molar-refractivity contribution in [2.45, 2.75) is 199 Å². The number of aliphatic hydroxyl groups excluding tert-OH is 1. The maximum atomic E-state index is 13.8. The van der Waals surface area contributed by atoms with E-state index in [9.17, 15) is 34.5 Å². The molecule has 0 heterocycles. The molecule has 0 radical (unpaired) electrons. The predicted octanol–water partition coefficient (Wildman–Crippen LogP) is 8.42. The van der Waals surface area contributed by atoms with Gasteiger partial charge in [0.1, 0.15) is 18.3 Å². The van der Waals surface area contributed by atoms with E-state index in [2.05, 4.69) is 13.8 Å². The van der Waals surface area contributed by atoms with Crippen molar-refractivity contribution in [2.24, 2.45) is 29.1 Å². The van der Waals surface area contributed by atoms with Gasteiger partial charge in [-0.2, -0.15) is 0 Å². The first-order valence-corrected chi connectivity index (χ1v) is 22.2. The van der Waals surface area contributed by atoms with Crippen molar-refractivity contribution in [3.8, 4) is 0 Å². The third-order valence-corrected chi connectivity index (χ3v) is 13.8. The summed E-state index contributed by atoms with van der Waals surface area (Å²) in [5, 5.41) is 36.4. The number of hydrogen-bond acceptors (Lipinski definition) is 10. The Bertz CT molecular complexity index is 1420. The van der Waals surface area contributed by atoms with Gasteiger partial charge < -0.3 is 29.5 Å². The first-order valence-electron chi connectivity index (χ1n) is 22.2. The molecule has 318 valence electrons. The van der Waals surface area contributed by atoms with Crippen LogP contribution in [0.1, 0.15) is 176 Å². The van der Waals surface area contributed by atoms with Crippen LogP contribution in [0.25, 0.3) is 0 Å². The Kier molecular flexibility index (Phi) is 16.8. The Labute approximate surface area is 336 Å². The number of Topliss-reactive ketones (excluding diaryl/α,β-unsaturated/α-hetero) is 1. The molecule has 0 bridgehead atoms. The summed E-state index contributed by atoms with van der Waals surface area (Å²) in [5.41, 5.74) is -5.76. The monoisotopic (exact) mass is 787 g/mol. The molecule has 0 aromatic rings. The van der Waals surface area contributed by atoms with E-state index in [1.807, 2.05) is 0 Å². The van der Waals surface area contributed by atoms with Crippen LogP contribution in [-0.4, -0.2) is 75.1 Å². The lowest BCUT2D eigenvalue weighted by Gasteiger charge is -2.53. The Balaban J connectivity index is 1.53. The lowest BCUT2D eigenvalue weighted by molar-refractivity contribution is -0.228. The Morgan fingerprint density at radius 3 is 1.79 bits per heavy atom. The quantitative estimate of drug-likeness (QED) is 0.0355. The largest absolute Gasteiger partial charge is 0.461 e. The minimum atomic E-state index is -2.05. The fourth-order valence-corrected chi connectivity index (χ4v) is 10.7. The first-order chi connectivity index (χ1) is 26.7. The molecule has 10 nitrogen and oxygen atoms in total. The number of ketones is 1. The van der Waals surface area contributed by atoms with E-state index in [4.69, 9.17) is 14.2 Å². The van der Waals surface area contributed by atoms with Gasteiger partial charge in [0.05, 0.1) is 12.2 Å². The smallest absolute Gasteiger partial charge is 0.306 e. The second-order valence-electron chi connectivity index (χ2n) is 18.0. The topological polar surface area (TPSA) is 157 Å². The number of carbonyl (C=O) groups excluding carboxylic acids is 4. The zero-order valence-electron chi connectivity index (χ0n) is 35.5. The van der Waals surface area contributed by atoms with Gasteiger partial charge in [0, 0.05) is 55.3 Å². The summed E-state index contributed by atoms with van der Waals surface area (Å²) in [4.78, 5) is 53.1. The molecule has 3 N–H and O–H groups in total. The van der Waals surface area contributed by atoms with E-state index in [-0.39, 0.29) is 31.8 Å². The van der Waals surface area contributed by atoms with Crippen LogP contribution in [0.3, 0.4) is 0 Å². The van der Waals surface area contributed by atoms with Crippen molar-refractivity contribution in [3.63, 3.8) is 0 Å². The average molecular weight is 787 g/mol. The predicted molar refractivity (Wildman–Crippen MR) is 215 cm³/mol. The Hall–Kier alpha value is -2.56. The van der Waals surface area contributed by atoms with Crippen LogP contribution in [0.2, 0.25) is 0 Å². The van der Waals surface area contributed by atoms with Crippen LogP contribution >= 0.6 is 0 Å². The fourth-order valence-electron chi connectivity index (χ4n) is 10.7. The molecular weight excluding hydrogens is 712 g/mol. The highest BCUT2D eigenvalue weighted by Gasteiger charge is 2.89. The molecule has 9 atom stereocenters. The number of esters is 3. The molecule has 0 aromatic heterocycles. The molecule has 4 rings (SSSR count). The van der Waals surface area contributed by atoms with Crippen LogP contribution in [0.5, 0.6) is 0 Å². The highest BCUT2D eigenvalue weighted by Crippen LogP contribution is 2.77. The maximum absolute atomic E-state index is 13.8. The third kappa shape index (κ3) is 9.65. The van der Waals surface area contributed by atoms with Gasteiger partial charge in [-0.15, -0.1) is 0 Å². The highest BCUT2D eigenvalue weighted by atomic mass is 16.6. The molecule has 10 heteroatoms. The summed E-state index contributed by atoms with van der Waals surface area (Å²) in [6.07, 6.45) is 22.3. The first kappa shape index (κ1) is 46.1. The minimum absolute atomic E-state index is 0.151. The van der Waals surface area contributed by atoms with Gasteiger partial charge in [-0.05, 0) is 30.9 Å². The standard InChI is InChI=1S/C46H74O10/c1-7-9-11-13-15-16-17-18-20-22-24-26-39(50)55-42-33(4)45(53)36(40-43(6,31-47)46(40,42)56-34(5)48)28-35(29-44(52)37(45)27-32(3)41(44)51)30-54-38(49)25-23-21-19-14-12-10-8-2/h27-28,33,36-37,40,42,47,52-53H,7-26,29-31H2,1-6H3. The van der Waals surface area contributed by atoms with Gasteiger partial charge in [-0.3, -0.25) is 19.2 Å². The van der Waals surface area contributed by atoms with Gasteiger partial charge in [0.2, 0.25) is 0 Å². The Morgan fingerprint density at radius 1 is 0.786 bits per heavy atom. The lowest BCUT2D eigenvalue weighted by atomic mass is 9.59. The van der Waals surface area contributed by atoms with Crippen molar-refractivity contribution in [3.05, 3.63) is 23.3 Å². The molecular formula is C46H74O10. The van der Waals surface area contributed by atoms with Crippen molar-refractivity contribution >= 4 is 23.7 Å². The molecule has 0 aliphatic heterocycles. The van der Waals surface area contributed by atoms with Crippen molar-refractivity contribution in [1.82, 2.24) is 0 Å². The van der Waals surface area contributed by atoms with Crippen molar-refractivity contribution in [1.29, 1.82) is 0 Å². The molecule has 0 spiro atoms. The second-order valence-corrected chi connectivity index (χ2v) is 18.0. The normalized spacial score (nSPS) is 33.0. The van der Waals surface area contributed by atoms with Crippen LogP contribution in [0.4, 0.5) is 0 Å². The maximum Gasteiger partial charge on any atom is 0.306 e. The van der Waals surface area contributed by atoms with Gasteiger partial charge in [-0.1, -0.05) is 143 Å². The molecule has 56 heavy (non-hydrogen) atoms. The molecule has 4 aliphatic rings. The summed E-state index contributed by atoms with van der Waals surface area (Å²) in [6.45, 7) is 10.1. The number of carbonyl (C=O) groups is 4. The average Bonchev–Trinajstić information content (AvgIpc) is 3.63. The molecule has 0 aromatic carbocycles. The number of ether oxygens (including phenoxy) is 3. The van der Waals surface area contributed by atoms with Crippen LogP contribution in [0, 0.1) is 29.1 Å². The van der Waals surface area contributed by atoms with Crippen LogP contribution in [0.15, 0.2) is 23.3 Å². The number of rotatable bonds is 25. The van der Waals surface area contributed by atoms with E-state index in [0.717, 1.165) is 38.5 Å². The molecule has 9 unspecified atom stereocenters. The lowest BCUT2D eigenvalue weighted by Crippen LogP contribution is -2.66. The molecule has 4 aliphatic carbocycles. The zero-order valence-corrected chi connectivity index (χ0v) is 35.5. The highest BCUT2D eigenvalue weighted by molar-refractivity contribution is 6.04. The van der Waals surface area contributed by atoms with Crippen molar-refractivity contribution in [2.75, 3.05) is 13.2 Å². The number of hydrogen-bond donors (Lipinski definition) is 3. The van der Waals surface area contributed by atoms with Gasteiger partial charge in [-0.25, -0.2) is 0 Å². The Morgan fingerprint density at radius 2 is 1.29 bits per heavy atom. The summed E-state index contributed by atoms with van der Waals surface area (Å²) in [6, 6.07) is 0. The molecule has 2 saturated carbocycles. The van der Waals surface area contributed by atoms with E-state index in [1.54, 1.807) is 32.9 Å². The van der Waals surface area contributed by atoms with Gasteiger partial charge in [0.25, 0.3) is 0 Å². The van der Waals surface area contributed by atoms with Gasteiger partial charge >= 0.3 is 17.9 Å². The minimum Gasteiger partial charge on any atom is -0.461 e. The number of unbranched alkanes of at least 4 members (excludes halogenated alkanes) is 16. The second kappa shape index (κ2) is 20.4. The van der Waals surface area contributed by atoms with E-state index in [0.29, 0.717) is 24.0 Å². The summed E-state index contributed by atoms with van der Waals surface area (Å²) < 4.78 is 18.1. The SMILES string of the molecule is CCCCCCCCCCCCCC(=O)OC1C(C)C2(O)C(C=C(COC(=O)CCCCCCCCC)CC3(O)C(=O)C(C)=CC32)C2C(C)(CO)C12OC(C)=O. The van der Waals surface area contributed by atoms with Crippen LogP contribution < -0.4 is 0 Å². The van der Waals surface area contributed by atoms with E-state index in [1.165, 1.54) is 71.1 Å². The van der Waals surface area contributed by atoms with E-state index >= 15 is 0 Å².